The largest absolute Gasteiger partial charge is 0.497 e. The summed E-state index contributed by atoms with van der Waals surface area (Å²) < 4.78 is 15.3. The molecule has 1 fully saturated rings. The highest BCUT2D eigenvalue weighted by molar-refractivity contribution is 5.95. The third-order valence-corrected chi connectivity index (χ3v) is 5.27. The number of hydrogen-bond acceptors (Lipinski definition) is 7. The Kier molecular flexibility index (Phi) is 7.35. The number of carbonyl (C=O) groups excluding carboxylic acids is 3. The van der Waals surface area contributed by atoms with Crippen LogP contribution in [0.2, 0.25) is 0 Å². The average molecular weight is 432 g/mol. The average Bonchev–Trinajstić information content (AvgIpc) is 2.79. The maximum atomic E-state index is 12.7. The lowest BCUT2D eigenvalue weighted by Crippen LogP contribution is -2.52. The first-order valence-corrected chi connectivity index (χ1v) is 10.1. The third kappa shape index (κ3) is 5.26. The molecule has 2 aliphatic heterocycles. The summed E-state index contributed by atoms with van der Waals surface area (Å²) in [6, 6.07) is 6.10. The predicted molar refractivity (Wildman–Crippen MR) is 111 cm³/mol. The molecule has 0 radical (unpaired) electrons. The maximum absolute atomic E-state index is 12.7. The fraction of sp³-hybridized carbons (Fsp3) is 0.476. The van der Waals surface area contributed by atoms with Crippen LogP contribution >= 0.6 is 0 Å². The highest BCUT2D eigenvalue weighted by atomic mass is 16.6. The molecule has 2 aliphatic rings. The summed E-state index contributed by atoms with van der Waals surface area (Å²) in [5.74, 6) is 0.0895. The first-order valence-electron chi connectivity index (χ1n) is 10.1. The van der Waals surface area contributed by atoms with Crippen molar-refractivity contribution in [3.8, 4) is 5.75 Å². The Hall–Kier alpha value is -3.27. The number of esters is 1. The summed E-state index contributed by atoms with van der Waals surface area (Å²) in [4.78, 5) is 40.7. The first-order chi connectivity index (χ1) is 15.0. The molecule has 0 unspecified atom stereocenters. The molecule has 1 saturated heterocycles. The Morgan fingerprint density at radius 1 is 1.16 bits per heavy atom. The van der Waals surface area contributed by atoms with Crippen LogP contribution in [-0.4, -0.2) is 81.4 Å². The monoisotopic (exact) mass is 432 g/mol. The second-order valence-electron chi connectivity index (χ2n) is 7.15. The van der Waals surface area contributed by atoms with Crippen LogP contribution in [0.25, 0.3) is 0 Å². The van der Waals surface area contributed by atoms with E-state index in [4.69, 9.17) is 14.2 Å². The number of piperazine rings is 1. The lowest BCUT2D eigenvalue weighted by atomic mass is 9.94. The van der Waals surface area contributed by atoms with E-state index in [1.54, 1.807) is 37.1 Å². The van der Waals surface area contributed by atoms with Crippen LogP contribution in [0, 0.1) is 0 Å². The van der Waals surface area contributed by atoms with E-state index >= 15 is 0 Å². The van der Waals surface area contributed by atoms with Gasteiger partial charge in [0.05, 0.1) is 32.4 Å². The summed E-state index contributed by atoms with van der Waals surface area (Å²) in [7, 11) is 2.86. The molecule has 10 heteroatoms. The molecule has 10 nitrogen and oxygen atoms in total. The maximum Gasteiger partial charge on any atom is 0.409 e. The molecule has 1 aromatic rings. The minimum atomic E-state index is -0.674. The van der Waals surface area contributed by atoms with Crippen LogP contribution in [0.5, 0.6) is 5.75 Å². The second kappa shape index (κ2) is 10.2. The van der Waals surface area contributed by atoms with Gasteiger partial charge in [0.25, 0.3) is 0 Å². The summed E-state index contributed by atoms with van der Waals surface area (Å²) in [6.07, 6.45) is -0.329. The quantitative estimate of drug-likeness (QED) is 0.651. The second-order valence-corrected chi connectivity index (χ2v) is 7.15. The topological polar surface area (TPSA) is 109 Å². The van der Waals surface area contributed by atoms with Gasteiger partial charge < -0.3 is 29.7 Å². The van der Waals surface area contributed by atoms with Crippen molar-refractivity contribution in [2.75, 3.05) is 53.6 Å². The molecular formula is C21H28N4O6. The molecule has 0 saturated carbocycles. The van der Waals surface area contributed by atoms with E-state index in [0.717, 1.165) is 0 Å². The summed E-state index contributed by atoms with van der Waals surface area (Å²) >= 11 is 0. The number of amides is 3. The molecular weight excluding hydrogens is 404 g/mol. The zero-order chi connectivity index (χ0) is 22.4. The number of rotatable bonds is 6. The van der Waals surface area contributed by atoms with Gasteiger partial charge in [0.1, 0.15) is 5.75 Å². The molecule has 0 spiro atoms. The molecule has 3 rings (SSSR count). The van der Waals surface area contributed by atoms with Crippen LogP contribution in [0.15, 0.2) is 35.5 Å². The van der Waals surface area contributed by atoms with Gasteiger partial charge in [0.15, 0.2) is 0 Å². The van der Waals surface area contributed by atoms with Crippen molar-refractivity contribution in [3.63, 3.8) is 0 Å². The SMILES string of the molecule is CCOC(=O)N1CCN(CC2=C(C(=O)OC)[C@H](c3cccc(OC)c3)NC(=O)N2)CC1. The Morgan fingerprint density at radius 3 is 2.55 bits per heavy atom. The van der Waals surface area contributed by atoms with Crippen LogP contribution in [0.4, 0.5) is 9.59 Å². The highest BCUT2D eigenvalue weighted by Crippen LogP contribution is 2.30. The van der Waals surface area contributed by atoms with E-state index in [2.05, 4.69) is 15.5 Å². The van der Waals surface area contributed by atoms with Crippen molar-refractivity contribution in [1.82, 2.24) is 20.4 Å². The minimum absolute atomic E-state index is 0.329. The van der Waals surface area contributed by atoms with Crippen molar-refractivity contribution in [1.29, 1.82) is 0 Å². The van der Waals surface area contributed by atoms with E-state index in [1.165, 1.54) is 7.11 Å². The van der Waals surface area contributed by atoms with E-state index < -0.39 is 18.0 Å². The normalized spacial score (nSPS) is 19.4. The van der Waals surface area contributed by atoms with Gasteiger partial charge in [-0.25, -0.2) is 14.4 Å². The van der Waals surface area contributed by atoms with Gasteiger partial charge in [-0.1, -0.05) is 12.1 Å². The Labute approximate surface area is 181 Å². The van der Waals surface area contributed by atoms with E-state index in [-0.39, 0.29) is 6.09 Å². The lowest BCUT2D eigenvalue weighted by molar-refractivity contribution is -0.136. The molecule has 0 aromatic heterocycles. The zero-order valence-electron chi connectivity index (χ0n) is 18.0. The molecule has 0 bridgehead atoms. The van der Waals surface area contributed by atoms with Crippen molar-refractivity contribution in [3.05, 3.63) is 41.1 Å². The number of hydrogen-bond donors (Lipinski definition) is 2. The number of carbonyl (C=O) groups is 3. The van der Waals surface area contributed by atoms with E-state index in [1.807, 2.05) is 6.07 Å². The number of methoxy groups -OCH3 is 2. The molecule has 1 aromatic carbocycles. The summed E-state index contributed by atoms with van der Waals surface area (Å²) in [5.41, 5.74) is 1.52. The van der Waals surface area contributed by atoms with E-state index in [0.29, 0.717) is 61.9 Å². The van der Waals surface area contributed by atoms with E-state index in [9.17, 15) is 14.4 Å². The Morgan fingerprint density at radius 2 is 1.90 bits per heavy atom. The van der Waals surface area contributed by atoms with Crippen molar-refractivity contribution in [2.24, 2.45) is 0 Å². The number of ether oxygens (including phenoxy) is 3. The van der Waals surface area contributed by atoms with Gasteiger partial charge in [-0.15, -0.1) is 0 Å². The molecule has 168 valence electrons. The number of urea groups is 1. The molecule has 31 heavy (non-hydrogen) atoms. The van der Waals surface area contributed by atoms with Gasteiger partial charge in [-0.05, 0) is 24.6 Å². The fourth-order valence-corrected chi connectivity index (χ4v) is 3.69. The standard InChI is InChI=1S/C21H28N4O6/c1-4-31-21(28)25-10-8-24(9-11-25)13-16-17(19(26)30-3)18(23-20(27)22-16)14-6-5-7-15(12-14)29-2/h5-7,12,18H,4,8-11,13H2,1-3H3,(H2,22,23,27)/t18-/m0/s1. The van der Waals surface area contributed by atoms with Gasteiger partial charge in [-0.2, -0.15) is 0 Å². The first kappa shape index (κ1) is 22.4. The predicted octanol–water partition coefficient (Wildman–Crippen LogP) is 1.25. The summed E-state index contributed by atoms with van der Waals surface area (Å²) in [6.45, 7) is 4.63. The van der Waals surface area contributed by atoms with Gasteiger partial charge in [0.2, 0.25) is 0 Å². The molecule has 3 amide bonds. The fourth-order valence-electron chi connectivity index (χ4n) is 3.69. The zero-order valence-corrected chi connectivity index (χ0v) is 18.0. The third-order valence-electron chi connectivity index (χ3n) is 5.27. The Balaban J connectivity index is 1.83. The molecule has 1 atom stereocenters. The van der Waals surface area contributed by atoms with Crippen molar-refractivity contribution in [2.45, 2.75) is 13.0 Å². The molecule has 2 N–H and O–H groups in total. The number of nitrogens with zero attached hydrogens (tertiary/aromatic N) is 2. The number of benzene rings is 1. The van der Waals surface area contributed by atoms with Crippen LogP contribution in [0.3, 0.4) is 0 Å². The van der Waals surface area contributed by atoms with Gasteiger partial charge in [-0.3, -0.25) is 4.90 Å². The van der Waals surface area contributed by atoms with Crippen molar-refractivity contribution < 1.29 is 28.6 Å². The lowest BCUT2D eigenvalue weighted by Gasteiger charge is -2.36. The van der Waals surface area contributed by atoms with Gasteiger partial charge in [0, 0.05) is 38.4 Å². The molecule has 2 heterocycles. The minimum Gasteiger partial charge on any atom is -0.497 e. The van der Waals surface area contributed by atoms with Crippen LogP contribution in [0.1, 0.15) is 18.5 Å². The smallest absolute Gasteiger partial charge is 0.409 e. The van der Waals surface area contributed by atoms with Crippen LogP contribution in [-0.2, 0) is 14.3 Å². The van der Waals surface area contributed by atoms with Gasteiger partial charge >= 0.3 is 18.1 Å². The number of nitrogens with one attached hydrogen (secondary N) is 2. The molecule has 0 aliphatic carbocycles. The highest BCUT2D eigenvalue weighted by Gasteiger charge is 2.35. The van der Waals surface area contributed by atoms with Crippen LogP contribution < -0.4 is 15.4 Å². The Bertz CT molecular complexity index is 863. The van der Waals surface area contributed by atoms with Crippen molar-refractivity contribution >= 4 is 18.1 Å². The summed E-state index contributed by atoms with van der Waals surface area (Å²) in [5, 5.41) is 5.56.